The Bertz CT molecular complexity index is 1200. The van der Waals surface area contributed by atoms with Crippen LogP contribution < -0.4 is 15.2 Å². The van der Waals surface area contributed by atoms with Crippen LogP contribution >= 0.6 is 11.6 Å². The number of rotatable bonds is 8. The minimum Gasteiger partial charge on any atom is -0.492 e. The summed E-state index contributed by atoms with van der Waals surface area (Å²) >= 11 is 6.16. The van der Waals surface area contributed by atoms with Crippen LogP contribution in [0.3, 0.4) is 0 Å². The summed E-state index contributed by atoms with van der Waals surface area (Å²) in [6.45, 7) is 2.04. The molecular formula is C23H27ClN4O3S. The molecule has 1 heterocycles. The first-order chi connectivity index (χ1) is 15.3. The molecule has 2 aromatic carbocycles. The van der Waals surface area contributed by atoms with Crippen molar-refractivity contribution >= 4 is 21.6 Å². The molecule has 2 unspecified atom stereocenters. The van der Waals surface area contributed by atoms with Crippen LogP contribution in [0.15, 0.2) is 53.7 Å². The Morgan fingerprint density at radius 2 is 2.12 bits per heavy atom. The monoisotopic (exact) mass is 474 g/mol. The zero-order chi connectivity index (χ0) is 22.7. The van der Waals surface area contributed by atoms with E-state index in [9.17, 15) is 8.42 Å². The molecular weight excluding hydrogens is 448 g/mol. The van der Waals surface area contributed by atoms with Gasteiger partial charge in [0.2, 0.25) is 0 Å². The summed E-state index contributed by atoms with van der Waals surface area (Å²) in [6.07, 6.45) is 3.98. The Labute approximate surface area is 193 Å². The number of nitrogens with zero attached hydrogens (tertiary/aromatic N) is 1. The largest absolute Gasteiger partial charge is 0.492 e. The number of fused-ring (bicyclic) bond motifs is 1. The lowest BCUT2D eigenvalue weighted by atomic mass is 9.76. The standard InChI is InChI=1S/C23H27ClN4O3S/c1-15-26-14-23(28-15)32(29,30)27-9-10-31-19-7-5-17-6-8-22(25)21(20(17)13-19)12-16-3-2-4-18(24)11-16/h2-5,7,11,13-14,21-22,27H,6,8-10,12,25H2,1H3,(H,26,28). The van der Waals surface area contributed by atoms with E-state index in [1.54, 1.807) is 6.92 Å². The van der Waals surface area contributed by atoms with Crippen LogP contribution in [0.1, 0.15) is 34.9 Å². The van der Waals surface area contributed by atoms with Crippen LogP contribution in [0.5, 0.6) is 5.75 Å². The van der Waals surface area contributed by atoms with Gasteiger partial charge in [-0.3, -0.25) is 0 Å². The number of H-pyrrole nitrogens is 1. The van der Waals surface area contributed by atoms with E-state index in [1.165, 1.54) is 17.3 Å². The normalized spacial score (nSPS) is 18.3. The Kier molecular flexibility index (Phi) is 6.85. The molecule has 0 amide bonds. The van der Waals surface area contributed by atoms with Crippen LogP contribution in [-0.2, 0) is 22.9 Å². The number of benzene rings is 2. The number of sulfonamides is 1. The van der Waals surface area contributed by atoms with Crippen molar-refractivity contribution in [1.29, 1.82) is 0 Å². The van der Waals surface area contributed by atoms with Gasteiger partial charge in [-0.05, 0) is 67.1 Å². The Morgan fingerprint density at radius 3 is 2.88 bits per heavy atom. The van der Waals surface area contributed by atoms with E-state index in [1.807, 2.05) is 30.3 Å². The maximum Gasteiger partial charge on any atom is 0.257 e. The van der Waals surface area contributed by atoms with E-state index < -0.39 is 10.0 Å². The predicted molar refractivity (Wildman–Crippen MR) is 125 cm³/mol. The molecule has 1 aliphatic carbocycles. The summed E-state index contributed by atoms with van der Waals surface area (Å²) in [5.41, 5.74) is 10.1. The predicted octanol–water partition coefficient (Wildman–Crippen LogP) is 3.33. The maximum atomic E-state index is 12.3. The van der Waals surface area contributed by atoms with Crippen molar-refractivity contribution in [3.05, 3.63) is 76.2 Å². The summed E-state index contributed by atoms with van der Waals surface area (Å²) in [5.74, 6) is 1.41. The highest BCUT2D eigenvalue weighted by atomic mass is 35.5. The number of aromatic nitrogens is 2. The van der Waals surface area contributed by atoms with Gasteiger partial charge >= 0.3 is 0 Å². The molecule has 4 N–H and O–H groups in total. The fourth-order valence-corrected chi connectivity index (χ4v) is 5.32. The van der Waals surface area contributed by atoms with Crippen LogP contribution in [0, 0.1) is 6.92 Å². The number of ether oxygens (including phenoxy) is 1. The first-order valence-electron chi connectivity index (χ1n) is 10.6. The molecule has 2 atom stereocenters. The topological polar surface area (TPSA) is 110 Å². The highest BCUT2D eigenvalue weighted by molar-refractivity contribution is 7.89. The van der Waals surface area contributed by atoms with Gasteiger partial charge in [0.25, 0.3) is 10.0 Å². The number of aryl methyl sites for hydroxylation is 2. The molecule has 0 bridgehead atoms. The quantitative estimate of drug-likeness (QED) is 0.434. The Hall–Kier alpha value is -2.39. The molecule has 0 saturated heterocycles. The third kappa shape index (κ3) is 5.32. The maximum absolute atomic E-state index is 12.3. The van der Waals surface area contributed by atoms with Gasteiger partial charge in [-0.1, -0.05) is 29.8 Å². The lowest BCUT2D eigenvalue weighted by Crippen LogP contribution is -2.34. The van der Waals surface area contributed by atoms with E-state index in [2.05, 4.69) is 26.8 Å². The summed E-state index contributed by atoms with van der Waals surface area (Å²) < 4.78 is 32.9. The average Bonchev–Trinajstić information content (AvgIpc) is 3.21. The molecule has 9 heteroatoms. The number of imidazole rings is 1. The van der Waals surface area contributed by atoms with E-state index in [0.717, 1.165) is 29.8 Å². The molecule has 0 saturated carbocycles. The van der Waals surface area contributed by atoms with Crippen LogP contribution in [0.25, 0.3) is 0 Å². The number of nitrogens with one attached hydrogen (secondary N) is 2. The van der Waals surface area contributed by atoms with Crippen LogP contribution in [-0.4, -0.2) is 37.6 Å². The number of hydrogen-bond donors (Lipinski definition) is 3. The van der Waals surface area contributed by atoms with Gasteiger partial charge in [-0.15, -0.1) is 0 Å². The zero-order valence-electron chi connectivity index (χ0n) is 17.8. The highest BCUT2D eigenvalue weighted by Gasteiger charge is 2.27. The summed E-state index contributed by atoms with van der Waals surface area (Å²) in [7, 11) is -3.64. The molecule has 32 heavy (non-hydrogen) atoms. The van der Waals surface area contributed by atoms with Gasteiger partial charge in [-0.2, -0.15) is 0 Å². The second-order valence-electron chi connectivity index (χ2n) is 8.08. The zero-order valence-corrected chi connectivity index (χ0v) is 19.4. The second kappa shape index (κ2) is 9.62. The Morgan fingerprint density at radius 1 is 1.28 bits per heavy atom. The van der Waals surface area contributed by atoms with Crippen molar-refractivity contribution in [2.24, 2.45) is 5.73 Å². The second-order valence-corrected chi connectivity index (χ2v) is 10.3. The van der Waals surface area contributed by atoms with E-state index in [0.29, 0.717) is 11.6 Å². The third-order valence-electron chi connectivity index (χ3n) is 5.76. The van der Waals surface area contributed by atoms with Crippen LogP contribution in [0.2, 0.25) is 5.02 Å². The number of aromatic amines is 1. The SMILES string of the molecule is Cc1ncc(S(=O)(=O)NCCOc2ccc3c(c2)C(Cc2cccc(Cl)c2)C(N)CC3)[nH]1. The summed E-state index contributed by atoms with van der Waals surface area (Å²) in [5, 5.41) is 0.763. The molecule has 1 aromatic heterocycles. The molecule has 0 radical (unpaired) electrons. The van der Waals surface area contributed by atoms with Crippen molar-refractivity contribution in [3.63, 3.8) is 0 Å². The molecule has 1 aliphatic rings. The van der Waals surface area contributed by atoms with Gasteiger partial charge in [0, 0.05) is 23.5 Å². The number of halogens is 1. The van der Waals surface area contributed by atoms with E-state index >= 15 is 0 Å². The van der Waals surface area contributed by atoms with Crippen molar-refractivity contribution in [3.8, 4) is 5.75 Å². The Balaban J connectivity index is 1.41. The summed E-state index contributed by atoms with van der Waals surface area (Å²) in [6, 6.07) is 14.0. The van der Waals surface area contributed by atoms with Crippen molar-refractivity contribution in [2.75, 3.05) is 13.2 Å². The van der Waals surface area contributed by atoms with Gasteiger partial charge in [0.05, 0.1) is 6.20 Å². The smallest absolute Gasteiger partial charge is 0.257 e. The van der Waals surface area contributed by atoms with Crippen molar-refractivity contribution in [1.82, 2.24) is 14.7 Å². The molecule has 3 aromatic rings. The van der Waals surface area contributed by atoms with Gasteiger partial charge in [-0.25, -0.2) is 18.1 Å². The third-order valence-corrected chi connectivity index (χ3v) is 7.36. The van der Waals surface area contributed by atoms with E-state index in [-0.39, 0.29) is 30.1 Å². The first kappa shape index (κ1) is 22.8. The molecule has 7 nitrogen and oxygen atoms in total. The lowest BCUT2D eigenvalue weighted by molar-refractivity contribution is 0.321. The van der Waals surface area contributed by atoms with Gasteiger partial charge in [0.15, 0.2) is 5.03 Å². The van der Waals surface area contributed by atoms with Crippen molar-refractivity contribution in [2.45, 2.75) is 43.2 Å². The molecule has 0 spiro atoms. The van der Waals surface area contributed by atoms with E-state index in [4.69, 9.17) is 22.1 Å². The first-order valence-corrected chi connectivity index (χ1v) is 12.4. The fraction of sp³-hybridized carbons (Fsp3) is 0.348. The molecule has 0 aliphatic heterocycles. The van der Waals surface area contributed by atoms with Gasteiger partial charge in [0.1, 0.15) is 18.2 Å². The highest BCUT2D eigenvalue weighted by Crippen LogP contribution is 2.36. The molecule has 170 valence electrons. The number of hydrogen-bond acceptors (Lipinski definition) is 5. The van der Waals surface area contributed by atoms with Crippen LogP contribution in [0.4, 0.5) is 0 Å². The molecule has 0 fully saturated rings. The molecule has 4 rings (SSSR count). The number of nitrogens with two attached hydrogens (primary N) is 1. The lowest BCUT2D eigenvalue weighted by Gasteiger charge is -2.32. The van der Waals surface area contributed by atoms with Gasteiger partial charge < -0.3 is 15.5 Å². The minimum atomic E-state index is -3.64. The minimum absolute atomic E-state index is 0.0432. The average molecular weight is 475 g/mol. The van der Waals surface area contributed by atoms with Crippen molar-refractivity contribution < 1.29 is 13.2 Å². The fourth-order valence-electron chi connectivity index (χ4n) is 4.13. The summed E-state index contributed by atoms with van der Waals surface area (Å²) in [4.78, 5) is 6.64.